The van der Waals surface area contributed by atoms with E-state index in [9.17, 15) is 9.59 Å². The molecular weight excluding hydrogens is 430 g/mol. The molecule has 2 heterocycles. The van der Waals surface area contributed by atoms with E-state index in [2.05, 4.69) is 15.4 Å². The van der Waals surface area contributed by atoms with Gasteiger partial charge in [-0.15, -0.1) is 0 Å². The van der Waals surface area contributed by atoms with Crippen molar-refractivity contribution >= 4 is 23.5 Å². The lowest BCUT2D eigenvalue weighted by Crippen LogP contribution is -2.40. The molecule has 0 fully saturated rings. The molecule has 1 N–H and O–H groups in total. The van der Waals surface area contributed by atoms with Crippen LogP contribution < -0.4 is 10.2 Å². The SMILES string of the molecule is CCOC(=O)C1=C(C)N(CC(=O)Nc2ccc(C)c(C)c2)c2ncnn2[C@H]1c1ccc(C)cc1. The van der Waals surface area contributed by atoms with Gasteiger partial charge >= 0.3 is 5.97 Å². The Morgan fingerprint density at radius 3 is 2.44 bits per heavy atom. The van der Waals surface area contributed by atoms with Gasteiger partial charge in [0.2, 0.25) is 11.9 Å². The molecule has 0 saturated heterocycles. The summed E-state index contributed by atoms with van der Waals surface area (Å²) in [6.07, 6.45) is 1.44. The highest BCUT2D eigenvalue weighted by Gasteiger charge is 2.38. The zero-order valence-electron chi connectivity index (χ0n) is 20.1. The fourth-order valence-electron chi connectivity index (χ4n) is 4.11. The molecule has 3 aromatic rings. The number of anilines is 2. The van der Waals surface area contributed by atoms with Crippen molar-refractivity contribution in [2.75, 3.05) is 23.4 Å². The number of carbonyl (C=O) groups excluding carboxylic acids is 2. The molecule has 176 valence electrons. The van der Waals surface area contributed by atoms with Crippen LogP contribution in [0.1, 0.15) is 42.1 Å². The summed E-state index contributed by atoms with van der Waals surface area (Å²) in [7, 11) is 0. The van der Waals surface area contributed by atoms with Crippen LogP contribution in [0.3, 0.4) is 0 Å². The average Bonchev–Trinajstić information content (AvgIpc) is 3.28. The molecule has 4 rings (SSSR count). The quantitative estimate of drug-likeness (QED) is 0.559. The van der Waals surface area contributed by atoms with Gasteiger partial charge in [-0.25, -0.2) is 9.48 Å². The van der Waals surface area contributed by atoms with Crippen LogP contribution in [-0.4, -0.2) is 39.8 Å². The number of nitrogens with one attached hydrogen (secondary N) is 1. The number of aryl methyl sites for hydroxylation is 3. The Balaban J connectivity index is 1.71. The van der Waals surface area contributed by atoms with Gasteiger partial charge < -0.3 is 15.0 Å². The third-order valence-electron chi connectivity index (χ3n) is 6.09. The summed E-state index contributed by atoms with van der Waals surface area (Å²) in [5.41, 5.74) is 6.01. The van der Waals surface area contributed by atoms with Gasteiger partial charge in [0.25, 0.3) is 0 Å². The molecule has 0 radical (unpaired) electrons. The molecule has 8 nitrogen and oxygen atoms in total. The molecular formula is C26H29N5O3. The Hall–Kier alpha value is -3.94. The summed E-state index contributed by atoms with van der Waals surface area (Å²) in [5.74, 6) is -0.174. The number of rotatable bonds is 6. The lowest BCUT2D eigenvalue weighted by molar-refractivity contribution is -0.139. The lowest BCUT2D eigenvalue weighted by atomic mass is 9.94. The summed E-state index contributed by atoms with van der Waals surface area (Å²) < 4.78 is 7.08. The maximum atomic E-state index is 13.1. The summed E-state index contributed by atoms with van der Waals surface area (Å²) in [5, 5.41) is 7.36. The maximum absolute atomic E-state index is 13.1. The highest BCUT2D eigenvalue weighted by atomic mass is 16.5. The second-order valence-corrected chi connectivity index (χ2v) is 8.47. The molecule has 1 atom stereocenters. The molecule has 1 amide bonds. The minimum Gasteiger partial charge on any atom is -0.463 e. The summed E-state index contributed by atoms with van der Waals surface area (Å²) in [6, 6.07) is 13.2. The second kappa shape index (κ2) is 9.51. The Labute approximate surface area is 199 Å². The van der Waals surface area contributed by atoms with E-state index in [1.165, 1.54) is 6.33 Å². The first kappa shape index (κ1) is 23.2. The first-order valence-electron chi connectivity index (χ1n) is 11.3. The van der Waals surface area contributed by atoms with E-state index in [4.69, 9.17) is 4.74 Å². The summed E-state index contributed by atoms with van der Waals surface area (Å²) in [4.78, 5) is 32.2. The van der Waals surface area contributed by atoms with Gasteiger partial charge in [0.05, 0.1) is 12.2 Å². The molecule has 0 unspecified atom stereocenters. The highest BCUT2D eigenvalue weighted by molar-refractivity contribution is 5.96. The van der Waals surface area contributed by atoms with Gasteiger partial charge in [-0.1, -0.05) is 35.9 Å². The zero-order chi connectivity index (χ0) is 24.4. The number of aromatic nitrogens is 3. The molecule has 0 aliphatic carbocycles. The average molecular weight is 460 g/mol. The minimum absolute atomic E-state index is 0.0268. The fraction of sp³-hybridized carbons (Fsp3) is 0.308. The third kappa shape index (κ3) is 4.44. The van der Waals surface area contributed by atoms with Gasteiger partial charge in [-0.2, -0.15) is 10.1 Å². The Bertz CT molecular complexity index is 1260. The largest absolute Gasteiger partial charge is 0.463 e. The van der Waals surface area contributed by atoms with Gasteiger partial charge in [0, 0.05) is 11.4 Å². The van der Waals surface area contributed by atoms with E-state index < -0.39 is 12.0 Å². The standard InChI is InChI=1S/C26H29N5O3/c1-6-34-25(33)23-19(5)30(14-22(32)29-21-12-9-17(3)18(4)13-21)26-27-15-28-31(26)24(23)20-10-7-16(2)8-11-20/h7-13,15,24H,6,14H2,1-5H3,(H,29,32)/t24-/m0/s1. The number of hydrogen-bond donors (Lipinski definition) is 1. The number of esters is 1. The fourth-order valence-corrected chi connectivity index (χ4v) is 4.11. The van der Waals surface area contributed by atoms with Crippen LogP contribution >= 0.6 is 0 Å². The Kier molecular flexibility index (Phi) is 6.49. The van der Waals surface area contributed by atoms with Crippen LogP contribution in [-0.2, 0) is 14.3 Å². The number of carbonyl (C=O) groups is 2. The van der Waals surface area contributed by atoms with Crippen molar-refractivity contribution in [1.82, 2.24) is 14.8 Å². The van der Waals surface area contributed by atoms with Gasteiger partial charge in [0.1, 0.15) is 18.9 Å². The molecule has 0 saturated carbocycles. The van der Waals surface area contributed by atoms with E-state index in [0.717, 1.165) is 27.9 Å². The monoisotopic (exact) mass is 459 g/mol. The number of fused-ring (bicyclic) bond motifs is 1. The van der Waals surface area contributed by atoms with Crippen LogP contribution in [0.5, 0.6) is 0 Å². The van der Waals surface area contributed by atoms with Crippen molar-refractivity contribution < 1.29 is 14.3 Å². The van der Waals surface area contributed by atoms with Crippen molar-refractivity contribution in [3.8, 4) is 0 Å². The van der Waals surface area contributed by atoms with E-state index in [-0.39, 0.29) is 19.1 Å². The molecule has 0 bridgehead atoms. The van der Waals surface area contributed by atoms with E-state index in [1.54, 1.807) is 16.5 Å². The van der Waals surface area contributed by atoms with Crippen LogP contribution in [0, 0.1) is 20.8 Å². The lowest BCUT2D eigenvalue weighted by Gasteiger charge is -2.35. The van der Waals surface area contributed by atoms with Gasteiger partial charge in [-0.3, -0.25) is 4.79 Å². The van der Waals surface area contributed by atoms with Gasteiger partial charge in [-0.05, 0) is 63.4 Å². The zero-order valence-corrected chi connectivity index (χ0v) is 20.1. The number of amides is 1. The second-order valence-electron chi connectivity index (χ2n) is 8.47. The summed E-state index contributed by atoms with van der Waals surface area (Å²) in [6.45, 7) is 9.84. The van der Waals surface area contributed by atoms with E-state index in [1.807, 2.05) is 70.2 Å². The Morgan fingerprint density at radius 2 is 1.76 bits per heavy atom. The molecule has 1 aromatic heterocycles. The topological polar surface area (TPSA) is 89.3 Å². The molecule has 34 heavy (non-hydrogen) atoms. The number of ether oxygens (including phenoxy) is 1. The van der Waals surface area contributed by atoms with Crippen molar-refractivity contribution in [3.63, 3.8) is 0 Å². The molecule has 2 aromatic carbocycles. The van der Waals surface area contributed by atoms with Crippen molar-refractivity contribution in [2.45, 2.75) is 40.7 Å². The van der Waals surface area contributed by atoms with Crippen molar-refractivity contribution in [1.29, 1.82) is 0 Å². The first-order chi connectivity index (χ1) is 16.3. The van der Waals surface area contributed by atoms with E-state index in [0.29, 0.717) is 17.2 Å². The van der Waals surface area contributed by atoms with Gasteiger partial charge in [0.15, 0.2) is 0 Å². The highest BCUT2D eigenvalue weighted by Crippen LogP contribution is 2.38. The summed E-state index contributed by atoms with van der Waals surface area (Å²) >= 11 is 0. The van der Waals surface area contributed by atoms with Crippen LogP contribution in [0.4, 0.5) is 11.6 Å². The molecule has 1 aliphatic heterocycles. The van der Waals surface area contributed by atoms with E-state index >= 15 is 0 Å². The predicted molar refractivity (Wildman–Crippen MR) is 131 cm³/mol. The van der Waals surface area contributed by atoms with Crippen molar-refractivity contribution in [2.24, 2.45) is 0 Å². The number of nitrogens with zero attached hydrogens (tertiary/aromatic N) is 4. The smallest absolute Gasteiger partial charge is 0.338 e. The number of allylic oxidation sites excluding steroid dienone is 1. The Morgan fingerprint density at radius 1 is 1.03 bits per heavy atom. The molecule has 0 spiro atoms. The molecule has 1 aliphatic rings. The van der Waals surface area contributed by atoms with Crippen LogP contribution in [0.25, 0.3) is 0 Å². The van der Waals surface area contributed by atoms with Crippen molar-refractivity contribution in [3.05, 3.63) is 82.3 Å². The maximum Gasteiger partial charge on any atom is 0.338 e. The molecule has 8 heteroatoms. The van der Waals surface area contributed by atoms with Crippen LogP contribution in [0.2, 0.25) is 0 Å². The first-order valence-corrected chi connectivity index (χ1v) is 11.3. The number of hydrogen-bond acceptors (Lipinski definition) is 6. The number of benzene rings is 2. The minimum atomic E-state index is -0.504. The normalized spacial score (nSPS) is 15.2. The predicted octanol–water partition coefficient (Wildman–Crippen LogP) is 4.09. The van der Waals surface area contributed by atoms with Crippen LogP contribution in [0.15, 0.2) is 60.1 Å². The third-order valence-corrected chi connectivity index (χ3v) is 6.09.